The van der Waals surface area contributed by atoms with Gasteiger partial charge in [0.1, 0.15) is 5.67 Å². The molecule has 0 aliphatic rings. The van der Waals surface area contributed by atoms with E-state index >= 15 is 0 Å². The van der Waals surface area contributed by atoms with Crippen LogP contribution in [0.2, 0.25) is 0 Å². The number of allylic oxidation sites excluding steroid dienone is 4. The highest BCUT2D eigenvalue weighted by Gasteiger charge is 2.22. The average Bonchev–Trinajstić information content (AvgIpc) is 2.65. The Kier molecular flexibility index (Phi) is 9.23. The Labute approximate surface area is 189 Å². The average molecular weight is 425 g/mol. The second kappa shape index (κ2) is 10.7. The fraction of sp³-hybridized carbons (Fsp3) is 0.464. The summed E-state index contributed by atoms with van der Waals surface area (Å²) in [6.07, 6.45) is 7.03. The van der Waals surface area contributed by atoms with Crippen LogP contribution < -0.4 is 5.32 Å². The van der Waals surface area contributed by atoms with Gasteiger partial charge in [0.25, 0.3) is 0 Å². The molecule has 1 N–H and O–H groups in total. The summed E-state index contributed by atoms with van der Waals surface area (Å²) in [4.78, 5) is 4.31. The second-order valence-corrected chi connectivity index (χ2v) is 9.52. The van der Waals surface area contributed by atoms with E-state index in [-0.39, 0.29) is 11.5 Å². The third kappa shape index (κ3) is 7.97. The number of hydrogen-bond acceptors (Lipinski definition) is 2. The van der Waals surface area contributed by atoms with Crippen molar-refractivity contribution >= 4 is 17.5 Å². The molecule has 2 nitrogen and oxygen atoms in total. The summed E-state index contributed by atoms with van der Waals surface area (Å²) in [5.74, 6) is 0. The van der Waals surface area contributed by atoms with Crippen molar-refractivity contribution in [1.82, 2.24) is 0 Å². The molecule has 170 valence electrons. The number of anilines is 1. The van der Waals surface area contributed by atoms with Crippen LogP contribution in [0.4, 0.5) is 10.1 Å². The predicted octanol–water partition coefficient (Wildman–Crippen LogP) is 8.64. The Balaban J connectivity index is 3.48. The van der Waals surface area contributed by atoms with Crippen molar-refractivity contribution in [3.05, 3.63) is 71.5 Å². The topological polar surface area (TPSA) is 24.4 Å². The van der Waals surface area contributed by atoms with Crippen LogP contribution in [-0.2, 0) is 5.67 Å². The number of rotatable bonds is 10. The van der Waals surface area contributed by atoms with E-state index in [1.807, 2.05) is 45.0 Å². The summed E-state index contributed by atoms with van der Waals surface area (Å²) in [6.45, 7) is 26.2. The molecule has 0 radical (unpaired) electrons. The monoisotopic (exact) mass is 424 g/mol. The van der Waals surface area contributed by atoms with Crippen molar-refractivity contribution in [1.29, 1.82) is 0 Å². The minimum Gasteiger partial charge on any atom is -0.378 e. The van der Waals surface area contributed by atoms with Crippen LogP contribution in [0.3, 0.4) is 0 Å². The van der Waals surface area contributed by atoms with E-state index in [0.29, 0.717) is 5.56 Å². The van der Waals surface area contributed by atoms with E-state index in [0.717, 1.165) is 34.5 Å². The first kappa shape index (κ1) is 26.6. The minimum absolute atomic E-state index is 0.0397. The molecule has 31 heavy (non-hydrogen) atoms. The number of nitrogens with zero attached hydrogens (tertiary/aromatic N) is 1. The van der Waals surface area contributed by atoms with Gasteiger partial charge in [0, 0.05) is 29.2 Å². The third-order valence-corrected chi connectivity index (χ3v) is 5.56. The van der Waals surface area contributed by atoms with E-state index in [1.165, 1.54) is 5.57 Å². The highest BCUT2D eigenvalue weighted by Crippen LogP contribution is 2.34. The van der Waals surface area contributed by atoms with Gasteiger partial charge < -0.3 is 5.32 Å². The van der Waals surface area contributed by atoms with E-state index < -0.39 is 5.67 Å². The maximum absolute atomic E-state index is 14.7. The Morgan fingerprint density at radius 2 is 1.81 bits per heavy atom. The molecule has 0 fully saturated rings. The molecule has 0 saturated heterocycles. The molecule has 0 aromatic heterocycles. The van der Waals surface area contributed by atoms with Gasteiger partial charge in [-0.15, -0.1) is 0 Å². The molecular weight excluding hydrogens is 383 g/mol. The van der Waals surface area contributed by atoms with E-state index in [1.54, 1.807) is 20.1 Å². The molecule has 0 saturated carbocycles. The van der Waals surface area contributed by atoms with Crippen molar-refractivity contribution in [2.75, 3.05) is 5.32 Å². The molecule has 1 atom stereocenters. The number of nitrogens with one attached hydrogen (secondary N) is 1. The Morgan fingerprint density at radius 1 is 1.19 bits per heavy atom. The van der Waals surface area contributed by atoms with Crippen molar-refractivity contribution in [3.8, 4) is 0 Å². The summed E-state index contributed by atoms with van der Waals surface area (Å²) < 4.78 is 14.7. The number of aliphatic imine (C=N–C) groups is 1. The lowest BCUT2D eigenvalue weighted by molar-refractivity contribution is 0.221. The van der Waals surface area contributed by atoms with Gasteiger partial charge in [-0.3, -0.25) is 4.99 Å². The number of halogens is 1. The highest BCUT2D eigenvalue weighted by molar-refractivity contribution is 5.82. The maximum atomic E-state index is 14.7. The van der Waals surface area contributed by atoms with Gasteiger partial charge in [0.2, 0.25) is 0 Å². The smallest absolute Gasteiger partial charge is 0.130 e. The minimum atomic E-state index is -1.44. The number of alkyl halides is 1. The summed E-state index contributed by atoms with van der Waals surface area (Å²) in [6, 6.07) is 5.71. The molecule has 1 aromatic rings. The lowest BCUT2D eigenvalue weighted by Crippen LogP contribution is -2.22. The maximum Gasteiger partial charge on any atom is 0.130 e. The van der Waals surface area contributed by atoms with Crippen LogP contribution >= 0.6 is 0 Å². The zero-order chi connectivity index (χ0) is 24.0. The molecule has 0 bridgehead atoms. The molecule has 0 amide bonds. The number of hydrogen-bond donors (Lipinski definition) is 1. The fourth-order valence-corrected chi connectivity index (χ4v) is 3.33. The molecule has 0 aliphatic carbocycles. The van der Waals surface area contributed by atoms with Gasteiger partial charge in [0.15, 0.2) is 0 Å². The SMILES string of the molecule is C=C(C)/C(=C\C(C)(C)CC)C(C)Nc1ccc(C(C)(C)F)cc1C(=C)/C=C(/C)N=CC. The molecule has 0 aliphatic heterocycles. The molecule has 1 aromatic carbocycles. The highest BCUT2D eigenvalue weighted by atomic mass is 19.1. The van der Waals surface area contributed by atoms with Gasteiger partial charge in [-0.2, -0.15) is 0 Å². The quantitative estimate of drug-likeness (QED) is 0.295. The van der Waals surface area contributed by atoms with Crippen molar-refractivity contribution < 1.29 is 4.39 Å². The second-order valence-electron chi connectivity index (χ2n) is 9.52. The molecular formula is C28H41FN2. The Bertz CT molecular complexity index is 892. The van der Waals surface area contributed by atoms with Gasteiger partial charge in [-0.1, -0.05) is 51.6 Å². The zero-order valence-corrected chi connectivity index (χ0v) is 21.0. The fourth-order valence-electron chi connectivity index (χ4n) is 3.33. The van der Waals surface area contributed by atoms with Crippen molar-refractivity contribution in [3.63, 3.8) is 0 Å². The van der Waals surface area contributed by atoms with Crippen LogP contribution in [0.25, 0.3) is 5.57 Å². The van der Waals surface area contributed by atoms with Gasteiger partial charge in [-0.05, 0) is 88.3 Å². The summed E-state index contributed by atoms with van der Waals surface area (Å²) in [5, 5.41) is 3.62. The standard InChI is InChI=1S/C28H41FN2/c1-12-27(8,9)18-25(19(3)4)22(7)31-26-15-14-23(28(10,11)29)17-24(26)20(5)16-21(6)30-13-2/h13-18,22,31H,3,5,12H2,1-2,4,6-11H3/b21-16-,25-18+,30-13?. The van der Waals surface area contributed by atoms with Crippen LogP contribution in [0, 0.1) is 5.41 Å². The van der Waals surface area contributed by atoms with Crippen LogP contribution in [0.5, 0.6) is 0 Å². The Hall–Kier alpha value is -2.42. The first-order valence-corrected chi connectivity index (χ1v) is 11.1. The van der Waals surface area contributed by atoms with Gasteiger partial charge in [0.05, 0.1) is 0 Å². The first-order chi connectivity index (χ1) is 14.2. The van der Waals surface area contributed by atoms with E-state index in [4.69, 9.17) is 0 Å². The molecule has 0 heterocycles. The van der Waals surface area contributed by atoms with Crippen molar-refractivity contribution in [2.24, 2.45) is 10.4 Å². The molecule has 0 spiro atoms. The summed E-state index contributed by atoms with van der Waals surface area (Å²) >= 11 is 0. The Morgan fingerprint density at radius 3 is 2.29 bits per heavy atom. The molecule has 1 rings (SSSR count). The molecule has 1 unspecified atom stereocenters. The van der Waals surface area contributed by atoms with Gasteiger partial charge >= 0.3 is 0 Å². The van der Waals surface area contributed by atoms with Crippen LogP contribution in [0.1, 0.15) is 79.9 Å². The summed E-state index contributed by atoms with van der Waals surface area (Å²) in [7, 11) is 0. The zero-order valence-electron chi connectivity index (χ0n) is 21.0. The van der Waals surface area contributed by atoms with E-state index in [9.17, 15) is 4.39 Å². The largest absolute Gasteiger partial charge is 0.378 e. The van der Waals surface area contributed by atoms with Gasteiger partial charge in [-0.25, -0.2) is 4.39 Å². The lowest BCUT2D eigenvalue weighted by atomic mass is 9.84. The normalized spacial score (nSPS) is 14.6. The first-order valence-electron chi connectivity index (χ1n) is 11.1. The summed E-state index contributed by atoms with van der Waals surface area (Å²) in [5.41, 5.74) is 4.91. The number of benzene rings is 1. The predicted molar refractivity (Wildman–Crippen MR) is 138 cm³/mol. The molecule has 3 heteroatoms. The third-order valence-electron chi connectivity index (χ3n) is 5.56. The van der Waals surface area contributed by atoms with E-state index in [2.05, 4.69) is 57.2 Å². The van der Waals surface area contributed by atoms with Crippen LogP contribution in [0.15, 0.2) is 65.3 Å². The van der Waals surface area contributed by atoms with Crippen molar-refractivity contribution in [2.45, 2.75) is 80.4 Å². The lowest BCUT2D eigenvalue weighted by Gasteiger charge is -2.27. The van der Waals surface area contributed by atoms with Crippen LogP contribution in [-0.4, -0.2) is 12.3 Å².